The number of nitrogens with two attached hydrogens (primary N) is 1. The van der Waals surface area contributed by atoms with Gasteiger partial charge in [-0.05, 0) is 30.2 Å². The van der Waals surface area contributed by atoms with Gasteiger partial charge in [-0.2, -0.15) is 9.57 Å². The molecule has 2 aromatic carbocycles. The first-order valence-corrected chi connectivity index (χ1v) is 13.2. The first-order valence-electron chi connectivity index (χ1n) is 11.7. The molecule has 1 amide bonds. The van der Waals surface area contributed by atoms with Gasteiger partial charge in [0.2, 0.25) is 15.9 Å². The Morgan fingerprint density at radius 2 is 1.75 bits per heavy atom. The van der Waals surface area contributed by atoms with Gasteiger partial charge in [0, 0.05) is 31.6 Å². The van der Waals surface area contributed by atoms with Crippen molar-refractivity contribution in [1.82, 2.24) is 19.2 Å². The number of sulfonamides is 1. The second kappa shape index (κ2) is 10.6. The van der Waals surface area contributed by atoms with E-state index in [0.717, 1.165) is 10.9 Å². The van der Waals surface area contributed by atoms with Crippen molar-refractivity contribution < 1.29 is 13.2 Å². The number of nitriles is 1. The fourth-order valence-corrected chi connectivity index (χ4v) is 5.83. The molecule has 0 unspecified atom stereocenters. The molecule has 188 valence electrons. The highest BCUT2D eigenvalue weighted by molar-refractivity contribution is 7.89. The molecule has 1 saturated heterocycles. The molecule has 0 radical (unpaired) electrons. The molecule has 0 bridgehead atoms. The summed E-state index contributed by atoms with van der Waals surface area (Å²) in [6.45, 7) is 5.80. The minimum Gasteiger partial charge on any atom is -0.368 e. The molecule has 10 nitrogen and oxygen atoms in total. The standard InChI is InChI=1S/C25H29N7O3S/c1-17(2)23(24(27)33)30-25-19-8-4-5-9-20(19)28-22(29-25)16-31-11-13-32(14-12-31)36(34,35)21-10-6-3-7-18(21)15-26/h3-10,17,23H,11-14,16H2,1-2H3,(H2,27,33)(H,28,29,30)/t23-/m0/s1. The number of nitrogens with zero attached hydrogens (tertiary/aromatic N) is 5. The molecule has 1 fully saturated rings. The van der Waals surface area contributed by atoms with Crippen LogP contribution in [0.5, 0.6) is 0 Å². The quantitative estimate of drug-likeness (QED) is 0.470. The van der Waals surface area contributed by atoms with Crippen molar-refractivity contribution in [2.75, 3.05) is 31.5 Å². The van der Waals surface area contributed by atoms with E-state index in [1.807, 2.05) is 44.2 Å². The fraction of sp³-hybridized carbons (Fsp3) is 0.360. The third-order valence-corrected chi connectivity index (χ3v) is 8.19. The molecule has 36 heavy (non-hydrogen) atoms. The lowest BCUT2D eigenvalue weighted by Crippen LogP contribution is -2.48. The van der Waals surface area contributed by atoms with Crippen molar-refractivity contribution in [3.63, 3.8) is 0 Å². The van der Waals surface area contributed by atoms with E-state index in [2.05, 4.69) is 15.2 Å². The lowest BCUT2D eigenvalue weighted by atomic mass is 10.0. The summed E-state index contributed by atoms with van der Waals surface area (Å²) in [5, 5.41) is 13.3. The average molecular weight is 508 g/mol. The Bertz CT molecular complexity index is 1410. The van der Waals surface area contributed by atoms with Crippen molar-refractivity contribution in [1.29, 1.82) is 5.26 Å². The van der Waals surface area contributed by atoms with Crippen LogP contribution in [0, 0.1) is 17.2 Å². The second-order valence-corrected chi connectivity index (χ2v) is 11.0. The maximum absolute atomic E-state index is 13.1. The van der Waals surface area contributed by atoms with Crippen molar-refractivity contribution in [2.45, 2.75) is 31.3 Å². The molecule has 0 spiro atoms. The highest BCUT2D eigenvalue weighted by Gasteiger charge is 2.30. The number of rotatable bonds is 8. The van der Waals surface area contributed by atoms with E-state index in [9.17, 15) is 18.5 Å². The number of fused-ring (bicyclic) bond motifs is 1. The number of benzene rings is 2. The van der Waals surface area contributed by atoms with E-state index in [4.69, 9.17) is 10.7 Å². The Labute approximate surface area is 210 Å². The monoisotopic (exact) mass is 507 g/mol. The number of hydrogen-bond acceptors (Lipinski definition) is 8. The summed E-state index contributed by atoms with van der Waals surface area (Å²) >= 11 is 0. The van der Waals surface area contributed by atoms with Gasteiger partial charge in [0.1, 0.15) is 23.8 Å². The molecule has 1 atom stereocenters. The number of amides is 1. The highest BCUT2D eigenvalue weighted by atomic mass is 32.2. The third kappa shape index (κ3) is 5.31. The summed E-state index contributed by atoms with van der Waals surface area (Å²) in [5.74, 6) is 0.627. The normalized spacial score (nSPS) is 16.1. The summed E-state index contributed by atoms with van der Waals surface area (Å²) in [4.78, 5) is 23.5. The van der Waals surface area contributed by atoms with Crippen LogP contribution in [0.1, 0.15) is 25.2 Å². The molecule has 0 aliphatic carbocycles. The average Bonchev–Trinajstić information content (AvgIpc) is 2.87. The van der Waals surface area contributed by atoms with Crippen LogP contribution in [-0.4, -0.2) is 65.7 Å². The van der Waals surface area contributed by atoms with Gasteiger partial charge >= 0.3 is 0 Å². The summed E-state index contributed by atoms with van der Waals surface area (Å²) in [7, 11) is -3.77. The van der Waals surface area contributed by atoms with Gasteiger partial charge in [0.15, 0.2) is 0 Å². The predicted octanol–water partition coefficient (Wildman–Crippen LogP) is 1.93. The van der Waals surface area contributed by atoms with Gasteiger partial charge in [0.25, 0.3) is 0 Å². The molecular weight excluding hydrogens is 478 g/mol. The molecule has 2 heterocycles. The van der Waals surface area contributed by atoms with Crippen molar-refractivity contribution in [3.8, 4) is 6.07 Å². The van der Waals surface area contributed by atoms with Crippen molar-refractivity contribution in [3.05, 3.63) is 59.9 Å². The van der Waals surface area contributed by atoms with E-state index >= 15 is 0 Å². The van der Waals surface area contributed by atoms with Gasteiger partial charge < -0.3 is 11.1 Å². The number of carbonyl (C=O) groups is 1. The molecule has 4 rings (SSSR count). The fourth-order valence-electron chi connectivity index (χ4n) is 4.27. The minimum absolute atomic E-state index is 0.0270. The molecule has 3 aromatic rings. The Hall–Kier alpha value is -3.59. The molecular formula is C25H29N7O3S. The number of carbonyl (C=O) groups excluding carboxylic acids is 1. The zero-order chi connectivity index (χ0) is 25.9. The highest BCUT2D eigenvalue weighted by Crippen LogP contribution is 2.24. The van der Waals surface area contributed by atoms with E-state index in [1.54, 1.807) is 12.1 Å². The Morgan fingerprint density at radius 1 is 1.08 bits per heavy atom. The van der Waals surface area contributed by atoms with Gasteiger partial charge in [-0.25, -0.2) is 18.4 Å². The molecule has 11 heteroatoms. The molecule has 3 N–H and O–H groups in total. The lowest BCUT2D eigenvalue weighted by molar-refractivity contribution is -0.119. The van der Waals surface area contributed by atoms with Gasteiger partial charge in [0.05, 0.1) is 22.5 Å². The number of primary amides is 1. The van der Waals surface area contributed by atoms with Crippen LogP contribution >= 0.6 is 0 Å². The summed E-state index contributed by atoms with van der Waals surface area (Å²) in [5.41, 5.74) is 6.48. The Kier molecular flexibility index (Phi) is 7.49. The number of nitrogens with one attached hydrogen (secondary N) is 1. The molecule has 1 aromatic heterocycles. The first-order chi connectivity index (χ1) is 17.2. The molecule has 0 saturated carbocycles. The van der Waals surface area contributed by atoms with Crippen LogP contribution in [0.4, 0.5) is 5.82 Å². The number of aromatic nitrogens is 2. The zero-order valence-electron chi connectivity index (χ0n) is 20.3. The van der Waals surface area contributed by atoms with Gasteiger partial charge in [-0.15, -0.1) is 0 Å². The van der Waals surface area contributed by atoms with Crippen molar-refractivity contribution >= 4 is 32.7 Å². The number of hydrogen-bond donors (Lipinski definition) is 2. The zero-order valence-corrected chi connectivity index (χ0v) is 21.1. The minimum atomic E-state index is -3.77. The topological polar surface area (TPSA) is 145 Å². The van der Waals surface area contributed by atoms with E-state index in [0.29, 0.717) is 31.3 Å². The Morgan fingerprint density at radius 3 is 2.42 bits per heavy atom. The summed E-state index contributed by atoms with van der Waals surface area (Å²) < 4.78 is 27.7. The number of para-hydroxylation sites is 1. The smallest absolute Gasteiger partial charge is 0.244 e. The lowest BCUT2D eigenvalue weighted by Gasteiger charge is -2.33. The van der Waals surface area contributed by atoms with Crippen LogP contribution < -0.4 is 11.1 Å². The van der Waals surface area contributed by atoms with Crippen molar-refractivity contribution in [2.24, 2.45) is 11.7 Å². The van der Waals surface area contributed by atoms with E-state index in [-0.39, 0.29) is 29.5 Å². The number of piperazine rings is 1. The predicted molar refractivity (Wildman–Crippen MR) is 136 cm³/mol. The van der Waals surface area contributed by atoms with Crippen LogP contribution in [-0.2, 0) is 21.4 Å². The summed E-state index contributed by atoms with van der Waals surface area (Å²) in [6.07, 6.45) is 0. The first kappa shape index (κ1) is 25.5. The maximum atomic E-state index is 13.1. The molecule has 1 aliphatic heterocycles. The number of anilines is 1. The molecule has 1 aliphatic rings. The van der Waals surface area contributed by atoms with Crippen LogP contribution in [0.2, 0.25) is 0 Å². The maximum Gasteiger partial charge on any atom is 0.244 e. The largest absolute Gasteiger partial charge is 0.368 e. The van der Waals surface area contributed by atoms with Gasteiger partial charge in [-0.3, -0.25) is 9.69 Å². The van der Waals surface area contributed by atoms with Crippen LogP contribution in [0.25, 0.3) is 10.9 Å². The SMILES string of the molecule is CC(C)[C@H](Nc1nc(CN2CCN(S(=O)(=O)c3ccccc3C#N)CC2)nc2ccccc12)C(N)=O. The van der Waals surface area contributed by atoms with E-state index < -0.39 is 22.0 Å². The second-order valence-electron chi connectivity index (χ2n) is 9.06. The van der Waals surface area contributed by atoms with Crippen LogP contribution in [0.15, 0.2) is 53.4 Å². The summed E-state index contributed by atoms with van der Waals surface area (Å²) in [6, 6.07) is 15.2. The Balaban J connectivity index is 1.51. The van der Waals surface area contributed by atoms with Crippen LogP contribution in [0.3, 0.4) is 0 Å². The third-order valence-electron chi connectivity index (χ3n) is 6.24. The van der Waals surface area contributed by atoms with Gasteiger partial charge in [-0.1, -0.05) is 38.1 Å². The van der Waals surface area contributed by atoms with E-state index in [1.165, 1.54) is 16.4 Å².